The number of carbonyl (C=O) groups excluding carboxylic acids is 1. The minimum atomic E-state index is -2.97. The highest BCUT2D eigenvalue weighted by Gasteiger charge is 2.29. The van der Waals surface area contributed by atoms with Crippen LogP contribution in [-0.2, 0) is 9.84 Å². The molecule has 1 aromatic rings. The van der Waals surface area contributed by atoms with E-state index in [1.165, 1.54) is 24.2 Å². The number of nitrogens with one attached hydrogen (secondary N) is 2. The van der Waals surface area contributed by atoms with Crippen molar-refractivity contribution < 1.29 is 13.2 Å². The molecule has 1 aliphatic carbocycles. The molecule has 1 saturated heterocycles. The zero-order valence-electron chi connectivity index (χ0n) is 10.3. The number of sulfone groups is 1. The average Bonchev–Trinajstić information content (AvgIpc) is 2.98. The zero-order valence-corrected chi connectivity index (χ0v) is 11.9. The summed E-state index contributed by atoms with van der Waals surface area (Å²) in [6.45, 7) is 0. The zero-order chi connectivity index (χ0) is 13.5. The quantitative estimate of drug-likeness (QED) is 0.881. The Kier molecular flexibility index (Phi) is 3.22. The van der Waals surface area contributed by atoms with Crippen molar-refractivity contribution in [2.45, 2.75) is 31.2 Å². The van der Waals surface area contributed by atoms with Crippen LogP contribution >= 0.6 is 11.3 Å². The fourth-order valence-electron chi connectivity index (χ4n) is 2.14. The molecule has 2 aliphatic rings. The molecule has 1 aliphatic heterocycles. The van der Waals surface area contributed by atoms with Crippen LogP contribution in [0.15, 0.2) is 5.38 Å². The van der Waals surface area contributed by atoms with E-state index in [1.807, 2.05) is 5.38 Å². The van der Waals surface area contributed by atoms with Gasteiger partial charge in [0.15, 0.2) is 15.0 Å². The van der Waals surface area contributed by atoms with E-state index in [9.17, 15) is 13.2 Å². The first-order valence-corrected chi connectivity index (χ1v) is 8.95. The molecule has 2 heterocycles. The largest absolute Gasteiger partial charge is 0.334 e. The highest BCUT2D eigenvalue weighted by Crippen LogP contribution is 2.40. The number of hydrogen-bond donors (Lipinski definition) is 2. The Morgan fingerprint density at radius 3 is 2.79 bits per heavy atom. The molecule has 6 nitrogen and oxygen atoms in total. The van der Waals surface area contributed by atoms with Crippen LogP contribution in [0.25, 0.3) is 0 Å². The Morgan fingerprint density at radius 1 is 1.37 bits per heavy atom. The minimum Gasteiger partial charge on any atom is -0.334 e. The molecule has 1 atom stereocenters. The molecule has 0 spiro atoms. The lowest BCUT2D eigenvalue weighted by molar-refractivity contribution is 0.249. The summed E-state index contributed by atoms with van der Waals surface area (Å²) < 4.78 is 22.6. The second-order valence-corrected chi connectivity index (χ2v) is 8.14. The first-order valence-electron chi connectivity index (χ1n) is 6.25. The fraction of sp³-hybridized carbons (Fsp3) is 0.636. The number of hydrogen-bond acceptors (Lipinski definition) is 5. The Hall–Kier alpha value is -1.15. The van der Waals surface area contributed by atoms with Gasteiger partial charge in [0.05, 0.1) is 17.2 Å². The van der Waals surface area contributed by atoms with Gasteiger partial charge in [-0.1, -0.05) is 0 Å². The van der Waals surface area contributed by atoms with E-state index in [-0.39, 0.29) is 23.6 Å². The van der Waals surface area contributed by atoms with Crippen molar-refractivity contribution in [2.75, 3.05) is 16.8 Å². The maximum absolute atomic E-state index is 11.7. The topological polar surface area (TPSA) is 88.2 Å². The highest BCUT2D eigenvalue weighted by atomic mass is 32.2. The monoisotopic (exact) mass is 301 g/mol. The minimum absolute atomic E-state index is 0.0333. The summed E-state index contributed by atoms with van der Waals surface area (Å²) in [4.78, 5) is 16.1. The van der Waals surface area contributed by atoms with Crippen LogP contribution in [0.1, 0.15) is 30.9 Å². The molecule has 2 fully saturated rings. The van der Waals surface area contributed by atoms with Crippen LogP contribution in [0.4, 0.5) is 9.93 Å². The van der Waals surface area contributed by atoms with E-state index in [2.05, 4.69) is 15.6 Å². The number of nitrogens with zero attached hydrogens (tertiary/aromatic N) is 1. The summed E-state index contributed by atoms with van der Waals surface area (Å²) in [6, 6.07) is -0.660. The molecular formula is C11H15N3O3S2. The van der Waals surface area contributed by atoms with Gasteiger partial charge in [-0.15, -0.1) is 11.3 Å². The van der Waals surface area contributed by atoms with Gasteiger partial charge in [-0.05, 0) is 19.3 Å². The van der Waals surface area contributed by atoms with Crippen LogP contribution in [0, 0.1) is 0 Å². The number of thiazole rings is 1. The molecule has 3 rings (SSSR count). The molecular weight excluding hydrogens is 286 g/mol. The van der Waals surface area contributed by atoms with Gasteiger partial charge in [0.25, 0.3) is 0 Å². The molecule has 19 heavy (non-hydrogen) atoms. The van der Waals surface area contributed by atoms with Gasteiger partial charge in [0.2, 0.25) is 0 Å². The number of aromatic nitrogens is 1. The van der Waals surface area contributed by atoms with E-state index in [1.54, 1.807) is 0 Å². The standard InChI is InChI=1S/C11H15N3O3S2/c15-10(12-8-3-4-19(16,17)6-8)14-11-13-9(5-18-11)7-1-2-7/h5,7-8H,1-4,6H2,(H2,12,13,14,15). The van der Waals surface area contributed by atoms with Gasteiger partial charge < -0.3 is 5.32 Å². The fourth-order valence-corrected chi connectivity index (χ4v) is 4.60. The molecule has 1 saturated carbocycles. The van der Waals surface area contributed by atoms with Gasteiger partial charge in [0, 0.05) is 17.3 Å². The summed E-state index contributed by atoms with van der Waals surface area (Å²) in [6.07, 6.45) is 2.84. The second kappa shape index (κ2) is 4.75. The Bertz CT molecular complexity index is 592. The molecule has 2 N–H and O–H groups in total. The molecule has 2 amide bonds. The van der Waals surface area contributed by atoms with E-state index in [0.717, 1.165) is 5.69 Å². The lowest BCUT2D eigenvalue weighted by Gasteiger charge is -2.10. The summed E-state index contributed by atoms with van der Waals surface area (Å²) in [5.74, 6) is 0.752. The molecule has 1 aromatic heterocycles. The molecule has 0 aromatic carbocycles. The van der Waals surface area contributed by atoms with Gasteiger partial charge in [0.1, 0.15) is 0 Å². The number of anilines is 1. The van der Waals surface area contributed by atoms with E-state index >= 15 is 0 Å². The van der Waals surface area contributed by atoms with Crippen LogP contribution in [0.5, 0.6) is 0 Å². The van der Waals surface area contributed by atoms with Crippen LogP contribution < -0.4 is 10.6 Å². The molecule has 1 unspecified atom stereocenters. The number of urea groups is 1. The van der Waals surface area contributed by atoms with Crippen LogP contribution in [-0.4, -0.2) is 37.0 Å². The molecule has 104 valence electrons. The van der Waals surface area contributed by atoms with E-state index < -0.39 is 9.84 Å². The Balaban J connectivity index is 1.53. The Morgan fingerprint density at radius 2 is 2.16 bits per heavy atom. The van der Waals surface area contributed by atoms with Crippen LogP contribution in [0.3, 0.4) is 0 Å². The lowest BCUT2D eigenvalue weighted by atomic mass is 10.3. The predicted octanol–water partition coefficient (Wildman–Crippen LogP) is 1.33. The van der Waals surface area contributed by atoms with E-state index in [0.29, 0.717) is 17.5 Å². The summed E-state index contributed by atoms with van der Waals surface area (Å²) >= 11 is 1.40. The maximum Gasteiger partial charge on any atom is 0.321 e. The Labute approximate surface area is 115 Å². The summed E-state index contributed by atoms with van der Waals surface area (Å²) in [5, 5.41) is 7.87. The van der Waals surface area contributed by atoms with Gasteiger partial charge in [-0.3, -0.25) is 5.32 Å². The van der Waals surface area contributed by atoms with Gasteiger partial charge in [-0.25, -0.2) is 18.2 Å². The number of rotatable bonds is 3. The van der Waals surface area contributed by atoms with Crippen molar-refractivity contribution in [1.29, 1.82) is 0 Å². The summed E-state index contributed by atoms with van der Waals surface area (Å²) in [5.41, 5.74) is 1.05. The van der Waals surface area contributed by atoms with Crippen molar-refractivity contribution in [1.82, 2.24) is 10.3 Å². The lowest BCUT2D eigenvalue weighted by Crippen LogP contribution is -2.38. The SMILES string of the molecule is O=C(Nc1nc(C2CC2)cs1)NC1CCS(=O)(=O)C1. The smallest absolute Gasteiger partial charge is 0.321 e. The maximum atomic E-state index is 11.7. The second-order valence-electron chi connectivity index (χ2n) is 5.05. The van der Waals surface area contributed by atoms with Crippen molar-refractivity contribution in [3.8, 4) is 0 Å². The highest BCUT2D eigenvalue weighted by molar-refractivity contribution is 7.91. The molecule has 8 heteroatoms. The third-order valence-electron chi connectivity index (χ3n) is 3.31. The summed E-state index contributed by atoms with van der Waals surface area (Å²) in [7, 11) is -2.97. The van der Waals surface area contributed by atoms with Crippen molar-refractivity contribution >= 4 is 32.3 Å². The number of carbonyl (C=O) groups is 1. The first-order chi connectivity index (χ1) is 9.02. The predicted molar refractivity (Wildman–Crippen MR) is 73.3 cm³/mol. The van der Waals surface area contributed by atoms with E-state index in [4.69, 9.17) is 0 Å². The van der Waals surface area contributed by atoms with Crippen LogP contribution in [0.2, 0.25) is 0 Å². The van der Waals surface area contributed by atoms with Crippen molar-refractivity contribution in [2.24, 2.45) is 0 Å². The van der Waals surface area contributed by atoms with Crippen molar-refractivity contribution in [3.05, 3.63) is 11.1 Å². The number of amides is 2. The molecule has 0 radical (unpaired) electrons. The molecule has 0 bridgehead atoms. The van der Waals surface area contributed by atoms with Gasteiger partial charge in [-0.2, -0.15) is 0 Å². The third kappa shape index (κ3) is 3.24. The van der Waals surface area contributed by atoms with Crippen molar-refractivity contribution in [3.63, 3.8) is 0 Å². The normalized spacial score (nSPS) is 25.2. The first kappa shape index (κ1) is 12.9. The van der Waals surface area contributed by atoms with Gasteiger partial charge >= 0.3 is 6.03 Å². The third-order valence-corrected chi connectivity index (χ3v) is 5.85. The average molecular weight is 301 g/mol.